The highest BCUT2D eigenvalue weighted by Gasteiger charge is 2.29. The van der Waals surface area contributed by atoms with E-state index in [1.54, 1.807) is 24.5 Å². The minimum absolute atomic E-state index is 0.0358. The lowest BCUT2D eigenvalue weighted by Gasteiger charge is -2.26. The van der Waals surface area contributed by atoms with Gasteiger partial charge in [-0.1, -0.05) is 43.7 Å². The van der Waals surface area contributed by atoms with E-state index in [2.05, 4.69) is 27.8 Å². The maximum absolute atomic E-state index is 13.5. The lowest BCUT2D eigenvalue weighted by atomic mass is 9.88. The molecule has 222 valence electrons. The van der Waals surface area contributed by atoms with E-state index in [1.165, 1.54) is 0 Å². The Morgan fingerprint density at radius 2 is 1.93 bits per heavy atom. The lowest BCUT2D eigenvalue weighted by molar-refractivity contribution is -0.591. The molecule has 0 radical (unpaired) electrons. The van der Waals surface area contributed by atoms with Gasteiger partial charge >= 0.3 is 5.91 Å². The number of amides is 3. The molecule has 3 rings (SSSR count). The number of hydrogen-bond donors (Lipinski definition) is 4. The van der Waals surface area contributed by atoms with Crippen LogP contribution in [0.25, 0.3) is 11.0 Å². The van der Waals surface area contributed by atoms with Gasteiger partial charge in [-0.25, -0.2) is 4.79 Å². The molecule has 41 heavy (non-hydrogen) atoms. The third kappa shape index (κ3) is 9.05. The summed E-state index contributed by atoms with van der Waals surface area (Å²) in [6.07, 6.45) is 9.24. The van der Waals surface area contributed by atoms with Crippen molar-refractivity contribution in [2.24, 2.45) is 5.41 Å². The Morgan fingerprint density at radius 1 is 1.20 bits per heavy atom. The van der Waals surface area contributed by atoms with Crippen molar-refractivity contribution < 1.29 is 24.1 Å². The second-order valence-electron chi connectivity index (χ2n) is 11.7. The van der Waals surface area contributed by atoms with Crippen LogP contribution in [0.3, 0.4) is 0 Å². The van der Waals surface area contributed by atoms with Crippen LogP contribution in [0.4, 0.5) is 0 Å². The number of aryl methyl sites for hydroxylation is 1. The van der Waals surface area contributed by atoms with Crippen molar-refractivity contribution in [3.8, 4) is 0 Å². The molecular formula is C31H43ClN5O4+. The molecule has 1 aliphatic rings. The molecule has 0 bridgehead atoms. The van der Waals surface area contributed by atoms with E-state index in [1.807, 2.05) is 65.2 Å². The third-order valence-electron chi connectivity index (χ3n) is 7.19. The van der Waals surface area contributed by atoms with Crippen LogP contribution in [0, 0.1) is 12.3 Å². The minimum Gasteiger partial charge on any atom is -0.461 e. The van der Waals surface area contributed by atoms with Crippen LogP contribution in [0.5, 0.6) is 0 Å². The van der Waals surface area contributed by atoms with Gasteiger partial charge in [0.1, 0.15) is 17.4 Å². The van der Waals surface area contributed by atoms with Crippen LogP contribution < -0.4 is 21.3 Å². The van der Waals surface area contributed by atoms with Gasteiger partial charge in [0.15, 0.2) is 5.70 Å². The number of hydrogen-bond acceptors (Lipinski definition) is 6. The summed E-state index contributed by atoms with van der Waals surface area (Å²) in [7, 11) is 5.70. The number of benzene rings is 1. The Balaban J connectivity index is 1.72. The van der Waals surface area contributed by atoms with Crippen molar-refractivity contribution >= 4 is 40.3 Å². The zero-order valence-electron chi connectivity index (χ0n) is 25.1. The van der Waals surface area contributed by atoms with Crippen molar-refractivity contribution in [3.05, 3.63) is 70.2 Å². The fourth-order valence-corrected chi connectivity index (χ4v) is 4.83. The van der Waals surface area contributed by atoms with Crippen molar-refractivity contribution in [1.82, 2.24) is 20.9 Å². The number of nitrogens with zero attached hydrogens (tertiary/aromatic N) is 1. The minimum atomic E-state index is -0.609. The number of nitrogens with one attached hydrogen (secondary N) is 3. The predicted octanol–water partition coefficient (Wildman–Crippen LogP) is 3.40. The number of carbonyl (C=O) groups is 3. The van der Waals surface area contributed by atoms with Gasteiger partial charge in [-0.05, 0) is 57.6 Å². The first-order chi connectivity index (χ1) is 19.3. The van der Waals surface area contributed by atoms with Gasteiger partial charge in [-0.3, -0.25) is 14.9 Å². The quantitative estimate of drug-likeness (QED) is 0.284. The molecule has 9 nitrogen and oxygen atoms in total. The average molecular weight is 585 g/mol. The highest BCUT2D eigenvalue weighted by Crippen LogP contribution is 2.27. The number of allylic oxidation sites excluding steroid dienone is 2. The predicted molar refractivity (Wildman–Crippen MR) is 162 cm³/mol. The molecule has 5 N–H and O–H groups in total. The van der Waals surface area contributed by atoms with Gasteiger partial charge in [-0.15, -0.1) is 0 Å². The number of rotatable bonds is 12. The van der Waals surface area contributed by atoms with Gasteiger partial charge in [0, 0.05) is 55.0 Å². The summed E-state index contributed by atoms with van der Waals surface area (Å²) < 4.78 is 5.73. The maximum atomic E-state index is 13.5. The largest absolute Gasteiger partial charge is 0.461 e. The standard InChI is InChI=1S/C31H42ClN5O4/c1-19(37(6)7)13-25(33-5)27(30(40)35-23-11-9-8-10-12-23)36-26(38)17-31(3,4)18-34-29(39)24-16-22(32)15-21-14-20(2)41-28(21)24/h8-11,14-16,19,23,33H,12-13,17-18H2,1-7H3,(H,34,39)(H,35,40)(H,36,38)/p+1/b27-25+. The highest BCUT2D eigenvalue weighted by molar-refractivity contribution is 6.32. The normalized spacial score (nSPS) is 16.5. The van der Waals surface area contributed by atoms with E-state index in [0.29, 0.717) is 34.0 Å². The summed E-state index contributed by atoms with van der Waals surface area (Å²) in [6.45, 7) is 7.87. The van der Waals surface area contributed by atoms with E-state index in [4.69, 9.17) is 16.0 Å². The van der Waals surface area contributed by atoms with Crippen LogP contribution >= 0.6 is 11.6 Å². The summed E-state index contributed by atoms with van der Waals surface area (Å²) in [5.74, 6) is -0.197. The van der Waals surface area contributed by atoms with E-state index in [-0.39, 0.29) is 48.5 Å². The molecule has 2 atom stereocenters. The second-order valence-corrected chi connectivity index (χ2v) is 12.1. The number of primary amides is 1. The molecule has 0 fully saturated rings. The molecule has 0 saturated carbocycles. The molecule has 1 aromatic carbocycles. The zero-order chi connectivity index (χ0) is 30.3. The maximum Gasteiger partial charge on any atom is 0.361 e. The Kier molecular flexibility index (Phi) is 11.0. The highest BCUT2D eigenvalue weighted by atomic mass is 35.5. The van der Waals surface area contributed by atoms with Gasteiger partial charge in [-0.2, -0.15) is 0 Å². The van der Waals surface area contributed by atoms with E-state index >= 15 is 0 Å². The smallest absolute Gasteiger partial charge is 0.361 e. The van der Waals surface area contributed by atoms with Gasteiger partial charge in [0.05, 0.1) is 5.56 Å². The number of nitrogens with two attached hydrogens (primary N) is 1. The first-order valence-corrected chi connectivity index (χ1v) is 14.2. The number of quaternary nitrogens is 1. The molecule has 1 aliphatic carbocycles. The molecule has 2 unspecified atom stereocenters. The Bertz CT molecular complexity index is 1370. The number of halogens is 1. The molecule has 0 spiro atoms. The van der Waals surface area contributed by atoms with Crippen molar-refractivity contribution in [2.75, 3.05) is 27.7 Å². The van der Waals surface area contributed by atoms with E-state index in [9.17, 15) is 14.4 Å². The summed E-state index contributed by atoms with van der Waals surface area (Å²) in [5.41, 5.74) is 1.12. The first-order valence-electron chi connectivity index (χ1n) is 13.9. The Morgan fingerprint density at radius 3 is 2.56 bits per heavy atom. The summed E-state index contributed by atoms with van der Waals surface area (Å²) >= 11 is 6.23. The van der Waals surface area contributed by atoms with Crippen LogP contribution in [0.2, 0.25) is 5.02 Å². The Hall–Kier alpha value is -3.40. The molecule has 1 aromatic heterocycles. The van der Waals surface area contributed by atoms with Crippen LogP contribution in [-0.4, -0.2) is 62.4 Å². The summed E-state index contributed by atoms with van der Waals surface area (Å²) in [4.78, 5) is 41.9. The van der Waals surface area contributed by atoms with Gasteiger partial charge < -0.3 is 25.3 Å². The lowest BCUT2D eigenvalue weighted by Crippen LogP contribution is -2.94. The molecule has 0 saturated heterocycles. The topological polar surface area (TPSA) is 120 Å². The Labute approximate surface area is 247 Å². The fourth-order valence-electron chi connectivity index (χ4n) is 4.60. The average Bonchev–Trinajstić information content (AvgIpc) is 3.28. The summed E-state index contributed by atoms with van der Waals surface area (Å²) in [5, 5.41) is 11.8. The van der Waals surface area contributed by atoms with Crippen LogP contribution in [0.15, 0.2) is 58.3 Å². The molecular weight excluding hydrogens is 542 g/mol. The van der Waals surface area contributed by atoms with E-state index in [0.717, 1.165) is 11.8 Å². The second kappa shape index (κ2) is 14.0. The number of carbonyl (C=O) groups excluding carboxylic acids is 3. The summed E-state index contributed by atoms with van der Waals surface area (Å²) in [6, 6.07) is 5.26. The van der Waals surface area contributed by atoms with Crippen LogP contribution in [-0.2, 0) is 9.59 Å². The number of furan rings is 1. The van der Waals surface area contributed by atoms with Crippen molar-refractivity contribution in [1.29, 1.82) is 0 Å². The molecule has 1 heterocycles. The van der Waals surface area contributed by atoms with Crippen molar-refractivity contribution in [2.45, 2.75) is 59.0 Å². The fraction of sp³-hybridized carbons (Fsp3) is 0.452. The van der Waals surface area contributed by atoms with Gasteiger partial charge in [0.2, 0.25) is 5.91 Å². The SMILES string of the molecule is CN/C(CC(C)N(C)C)=C(/NC(=O)CC(C)(C)CNC(=O)c1cc(Cl)cc2cc(C)oc12)C(=O)[NH2+]C1C=CC=CC1. The van der Waals surface area contributed by atoms with E-state index < -0.39 is 5.41 Å². The molecule has 10 heteroatoms. The molecule has 0 aliphatic heterocycles. The number of fused-ring (bicyclic) bond motifs is 1. The first kappa shape index (κ1) is 32.1. The molecule has 2 aromatic rings. The van der Waals surface area contributed by atoms with Crippen molar-refractivity contribution in [3.63, 3.8) is 0 Å². The van der Waals surface area contributed by atoms with Gasteiger partial charge in [0.25, 0.3) is 5.91 Å². The zero-order valence-corrected chi connectivity index (χ0v) is 25.8. The molecule has 3 amide bonds. The van der Waals surface area contributed by atoms with Crippen LogP contribution in [0.1, 0.15) is 56.2 Å². The monoisotopic (exact) mass is 584 g/mol. The third-order valence-corrected chi connectivity index (χ3v) is 7.41.